The molecule has 1 aromatic rings. The number of hydrogen-bond donors (Lipinski definition) is 2. The maximum Gasteiger partial charge on any atom is 0.233 e. The highest BCUT2D eigenvalue weighted by Crippen LogP contribution is 2.26. The van der Waals surface area contributed by atoms with Crippen molar-refractivity contribution in [2.45, 2.75) is 18.3 Å². The minimum absolute atomic E-state index is 0.0705. The van der Waals surface area contributed by atoms with Crippen LogP contribution in [0.5, 0.6) is 11.5 Å². The second-order valence-corrected chi connectivity index (χ2v) is 4.71. The number of carbonyl (C=O) groups excluding carboxylic acids is 1. The predicted molar refractivity (Wildman–Crippen MR) is 64.9 cm³/mol. The van der Waals surface area contributed by atoms with Crippen molar-refractivity contribution < 1.29 is 14.6 Å². The first-order chi connectivity index (χ1) is 7.54. The van der Waals surface area contributed by atoms with Crippen molar-refractivity contribution in [2.24, 2.45) is 0 Å². The monoisotopic (exact) mass is 287 g/mol. The molecule has 0 saturated heterocycles. The molecule has 0 aliphatic rings. The summed E-state index contributed by atoms with van der Waals surface area (Å²) in [7, 11) is 1.49. The van der Waals surface area contributed by atoms with E-state index in [-0.39, 0.29) is 16.5 Å². The fourth-order valence-electron chi connectivity index (χ4n) is 1.18. The zero-order valence-electron chi connectivity index (χ0n) is 9.16. The summed E-state index contributed by atoms with van der Waals surface area (Å²) < 4.78 is 4.92. The van der Waals surface area contributed by atoms with E-state index in [1.54, 1.807) is 25.1 Å². The Morgan fingerprint density at radius 2 is 2.31 bits per heavy atom. The van der Waals surface area contributed by atoms with Gasteiger partial charge in [-0.1, -0.05) is 22.0 Å². The van der Waals surface area contributed by atoms with Gasteiger partial charge in [0.2, 0.25) is 5.91 Å². The molecule has 1 aromatic carbocycles. The average molecular weight is 288 g/mol. The summed E-state index contributed by atoms with van der Waals surface area (Å²) >= 11 is 3.17. The molecule has 1 rings (SSSR count). The van der Waals surface area contributed by atoms with Gasteiger partial charge in [-0.05, 0) is 24.6 Å². The lowest BCUT2D eigenvalue weighted by Crippen LogP contribution is -2.28. The maximum atomic E-state index is 11.3. The first-order valence-electron chi connectivity index (χ1n) is 4.82. The molecule has 0 aliphatic carbocycles. The molecule has 5 heteroatoms. The number of halogens is 1. The van der Waals surface area contributed by atoms with Crippen LogP contribution in [0, 0.1) is 0 Å². The molecule has 0 radical (unpaired) electrons. The molecule has 0 heterocycles. The average Bonchev–Trinajstić information content (AvgIpc) is 2.25. The van der Waals surface area contributed by atoms with Gasteiger partial charge in [-0.2, -0.15) is 0 Å². The van der Waals surface area contributed by atoms with Crippen molar-refractivity contribution in [3.05, 3.63) is 23.8 Å². The second kappa shape index (κ2) is 5.75. The largest absolute Gasteiger partial charge is 0.504 e. The quantitative estimate of drug-likeness (QED) is 0.831. The number of amides is 1. The molecule has 0 bridgehead atoms. The van der Waals surface area contributed by atoms with Crippen molar-refractivity contribution >= 4 is 21.8 Å². The Morgan fingerprint density at radius 3 is 2.81 bits per heavy atom. The van der Waals surface area contributed by atoms with Crippen LogP contribution in [-0.4, -0.2) is 23.0 Å². The lowest BCUT2D eigenvalue weighted by molar-refractivity contribution is -0.120. The highest BCUT2D eigenvalue weighted by molar-refractivity contribution is 9.10. The number of aromatic hydroxyl groups is 1. The van der Waals surface area contributed by atoms with Crippen LogP contribution in [0.15, 0.2) is 18.2 Å². The van der Waals surface area contributed by atoms with E-state index in [0.717, 1.165) is 5.56 Å². The molecule has 0 aliphatic heterocycles. The number of methoxy groups -OCH3 is 1. The van der Waals surface area contributed by atoms with Crippen molar-refractivity contribution in [2.75, 3.05) is 7.11 Å². The summed E-state index contributed by atoms with van der Waals surface area (Å²) in [4.78, 5) is 11.1. The Bertz CT molecular complexity index is 379. The predicted octanol–water partition coefficient (Wildman–Crippen LogP) is 1.80. The van der Waals surface area contributed by atoms with E-state index in [2.05, 4.69) is 21.2 Å². The van der Waals surface area contributed by atoms with Gasteiger partial charge in [0, 0.05) is 6.54 Å². The summed E-state index contributed by atoms with van der Waals surface area (Å²) in [5.41, 5.74) is 0.819. The fourth-order valence-corrected chi connectivity index (χ4v) is 1.34. The van der Waals surface area contributed by atoms with Gasteiger partial charge in [-0.25, -0.2) is 0 Å². The third-order valence-corrected chi connectivity index (χ3v) is 2.49. The number of benzene rings is 1. The van der Waals surface area contributed by atoms with Crippen LogP contribution in [0.3, 0.4) is 0 Å². The van der Waals surface area contributed by atoms with Gasteiger partial charge >= 0.3 is 0 Å². The minimum Gasteiger partial charge on any atom is -0.504 e. The summed E-state index contributed by atoms with van der Waals surface area (Å²) in [6.07, 6.45) is 0. The molecule has 16 heavy (non-hydrogen) atoms. The Balaban J connectivity index is 2.62. The highest BCUT2D eigenvalue weighted by Gasteiger charge is 2.08. The molecule has 1 amide bonds. The molecular formula is C11H14BrNO3. The Labute approximate surface area is 103 Å². The maximum absolute atomic E-state index is 11.3. The van der Waals surface area contributed by atoms with Crippen molar-refractivity contribution in [3.63, 3.8) is 0 Å². The Morgan fingerprint density at radius 1 is 1.62 bits per heavy atom. The van der Waals surface area contributed by atoms with E-state index < -0.39 is 0 Å². The van der Waals surface area contributed by atoms with Crippen molar-refractivity contribution in [3.8, 4) is 11.5 Å². The minimum atomic E-state index is -0.223. The Hall–Kier alpha value is -1.23. The van der Waals surface area contributed by atoms with Gasteiger partial charge in [0.15, 0.2) is 11.5 Å². The zero-order chi connectivity index (χ0) is 12.1. The first-order valence-corrected chi connectivity index (χ1v) is 5.74. The number of ether oxygens (including phenoxy) is 1. The molecule has 0 spiro atoms. The lowest BCUT2D eigenvalue weighted by Gasteiger charge is -2.08. The molecule has 1 atom stereocenters. The van der Waals surface area contributed by atoms with E-state index in [1.165, 1.54) is 7.11 Å². The number of alkyl halides is 1. The first kappa shape index (κ1) is 12.8. The van der Waals surface area contributed by atoms with Crippen LogP contribution >= 0.6 is 15.9 Å². The molecular weight excluding hydrogens is 274 g/mol. The molecule has 0 fully saturated rings. The summed E-state index contributed by atoms with van der Waals surface area (Å²) in [6.45, 7) is 2.13. The van der Waals surface area contributed by atoms with Crippen LogP contribution in [0.25, 0.3) is 0 Å². The summed E-state index contributed by atoms with van der Waals surface area (Å²) in [5.74, 6) is 0.403. The molecule has 88 valence electrons. The van der Waals surface area contributed by atoms with Crippen LogP contribution in [0.1, 0.15) is 12.5 Å². The highest BCUT2D eigenvalue weighted by atomic mass is 79.9. The van der Waals surface area contributed by atoms with Crippen LogP contribution in [0.2, 0.25) is 0 Å². The fraction of sp³-hybridized carbons (Fsp3) is 0.364. The van der Waals surface area contributed by atoms with Gasteiger partial charge in [-0.3, -0.25) is 4.79 Å². The zero-order valence-corrected chi connectivity index (χ0v) is 10.7. The number of nitrogens with one attached hydrogen (secondary N) is 1. The van der Waals surface area contributed by atoms with Crippen LogP contribution in [-0.2, 0) is 11.3 Å². The normalized spacial score (nSPS) is 11.9. The number of carbonyl (C=O) groups is 1. The standard InChI is InChI=1S/C11H14BrNO3/c1-7(12)11(15)13-6-8-3-4-10(16-2)9(14)5-8/h3-5,7,14H,6H2,1-2H3,(H,13,15). The molecule has 1 unspecified atom stereocenters. The SMILES string of the molecule is COc1ccc(CNC(=O)C(C)Br)cc1O. The van der Waals surface area contributed by atoms with Gasteiger partial charge in [0.1, 0.15) is 0 Å². The number of rotatable bonds is 4. The summed E-state index contributed by atoms with van der Waals surface area (Å²) in [5, 5.41) is 12.2. The lowest BCUT2D eigenvalue weighted by atomic mass is 10.2. The third kappa shape index (κ3) is 3.41. The van der Waals surface area contributed by atoms with E-state index in [9.17, 15) is 9.90 Å². The number of hydrogen-bond acceptors (Lipinski definition) is 3. The number of phenolic OH excluding ortho intramolecular Hbond substituents is 1. The van der Waals surface area contributed by atoms with Gasteiger partial charge < -0.3 is 15.2 Å². The van der Waals surface area contributed by atoms with Crippen LogP contribution in [0.4, 0.5) is 0 Å². The van der Waals surface area contributed by atoms with Crippen molar-refractivity contribution in [1.82, 2.24) is 5.32 Å². The molecule has 4 nitrogen and oxygen atoms in total. The number of phenols is 1. The van der Waals surface area contributed by atoms with Gasteiger partial charge in [0.05, 0.1) is 11.9 Å². The molecule has 0 aromatic heterocycles. The third-order valence-electron chi connectivity index (χ3n) is 2.07. The topological polar surface area (TPSA) is 58.6 Å². The smallest absolute Gasteiger partial charge is 0.233 e. The Kier molecular flexibility index (Phi) is 4.61. The van der Waals surface area contributed by atoms with E-state index in [0.29, 0.717) is 12.3 Å². The molecule has 2 N–H and O–H groups in total. The van der Waals surface area contributed by atoms with Crippen molar-refractivity contribution in [1.29, 1.82) is 0 Å². The van der Waals surface area contributed by atoms with E-state index in [1.807, 2.05) is 0 Å². The van der Waals surface area contributed by atoms with E-state index in [4.69, 9.17) is 4.74 Å². The molecule has 0 saturated carbocycles. The van der Waals surface area contributed by atoms with E-state index >= 15 is 0 Å². The van der Waals surface area contributed by atoms with Crippen LogP contribution < -0.4 is 10.1 Å². The second-order valence-electron chi connectivity index (χ2n) is 3.34. The van der Waals surface area contributed by atoms with Gasteiger partial charge in [0.25, 0.3) is 0 Å². The summed E-state index contributed by atoms with van der Waals surface area (Å²) in [6, 6.07) is 5.02. The van der Waals surface area contributed by atoms with Gasteiger partial charge in [-0.15, -0.1) is 0 Å².